The molecule has 12 heavy (non-hydrogen) atoms. The van der Waals surface area contributed by atoms with Crippen molar-refractivity contribution >= 4 is 0 Å². The molecule has 1 saturated heterocycles. The first kappa shape index (κ1) is 9.50. The molecule has 1 aliphatic heterocycles. The van der Waals surface area contributed by atoms with E-state index in [-0.39, 0.29) is 6.04 Å². The standard InChI is InChI=1S/C9H16N2O/c1-8(6-10)11(2)7-9-4-3-5-12-9/h8-9H,3-5,7H2,1-2H3/t8?,9-/m0/s1. The zero-order valence-electron chi connectivity index (χ0n) is 7.79. The third-order valence-electron chi connectivity index (χ3n) is 2.36. The Balaban J connectivity index is 2.25. The van der Waals surface area contributed by atoms with Crippen molar-refractivity contribution < 1.29 is 4.74 Å². The second kappa shape index (κ2) is 4.44. The molecule has 0 radical (unpaired) electrons. The second-order valence-corrected chi connectivity index (χ2v) is 3.38. The molecule has 0 saturated carbocycles. The number of hydrogen-bond acceptors (Lipinski definition) is 3. The molecule has 1 rings (SSSR count). The number of nitrogens with zero attached hydrogens (tertiary/aromatic N) is 2. The Labute approximate surface area is 73.9 Å². The van der Waals surface area contributed by atoms with Crippen molar-refractivity contribution in [3.63, 3.8) is 0 Å². The van der Waals surface area contributed by atoms with Crippen LogP contribution in [0.25, 0.3) is 0 Å². The van der Waals surface area contributed by atoms with Gasteiger partial charge in [0.05, 0.1) is 18.2 Å². The largest absolute Gasteiger partial charge is 0.377 e. The molecule has 0 N–H and O–H groups in total. The average Bonchev–Trinajstić information content (AvgIpc) is 2.55. The van der Waals surface area contributed by atoms with Crippen molar-refractivity contribution in [3.8, 4) is 6.07 Å². The first-order chi connectivity index (χ1) is 5.74. The summed E-state index contributed by atoms with van der Waals surface area (Å²) in [6.45, 7) is 3.68. The first-order valence-electron chi connectivity index (χ1n) is 4.45. The number of nitriles is 1. The van der Waals surface area contributed by atoms with Gasteiger partial charge in [-0.2, -0.15) is 5.26 Å². The van der Waals surface area contributed by atoms with Crippen LogP contribution in [-0.4, -0.2) is 37.2 Å². The molecule has 1 fully saturated rings. The van der Waals surface area contributed by atoms with Gasteiger partial charge in [0.1, 0.15) is 0 Å². The average molecular weight is 168 g/mol. The third-order valence-corrected chi connectivity index (χ3v) is 2.36. The zero-order chi connectivity index (χ0) is 8.97. The van der Waals surface area contributed by atoms with Gasteiger partial charge in [0, 0.05) is 13.2 Å². The van der Waals surface area contributed by atoms with Gasteiger partial charge in [-0.3, -0.25) is 4.90 Å². The summed E-state index contributed by atoms with van der Waals surface area (Å²) in [5.74, 6) is 0. The summed E-state index contributed by atoms with van der Waals surface area (Å²) in [6.07, 6.45) is 2.66. The molecule has 0 aromatic heterocycles. The summed E-state index contributed by atoms with van der Waals surface area (Å²) in [5.41, 5.74) is 0. The van der Waals surface area contributed by atoms with E-state index in [2.05, 4.69) is 6.07 Å². The molecule has 3 heteroatoms. The van der Waals surface area contributed by atoms with Crippen LogP contribution in [0, 0.1) is 11.3 Å². The van der Waals surface area contributed by atoms with Crippen LogP contribution in [0.1, 0.15) is 19.8 Å². The van der Waals surface area contributed by atoms with Crippen LogP contribution in [-0.2, 0) is 4.74 Å². The summed E-state index contributed by atoms with van der Waals surface area (Å²) in [7, 11) is 1.97. The normalized spacial score (nSPS) is 25.7. The second-order valence-electron chi connectivity index (χ2n) is 3.38. The molecule has 1 heterocycles. The number of likely N-dealkylation sites (N-methyl/N-ethyl adjacent to an activating group) is 1. The monoisotopic (exact) mass is 168 g/mol. The van der Waals surface area contributed by atoms with Gasteiger partial charge in [-0.25, -0.2) is 0 Å². The van der Waals surface area contributed by atoms with Gasteiger partial charge in [-0.05, 0) is 26.8 Å². The highest BCUT2D eigenvalue weighted by Gasteiger charge is 2.19. The lowest BCUT2D eigenvalue weighted by Gasteiger charge is -2.22. The fourth-order valence-electron chi connectivity index (χ4n) is 1.37. The van der Waals surface area contributed by atoms with E-state index >= 15 is 0 Å². The van der Waals surface area contributed by atoms with E-state index in [1.54, 1.807) is 0 Å². The van der Waals surface area contributed by atoms with Gasteiger partial charge in [0.2, 0.25) is 0 Å². The van der Waals surface area contributed by atoms with Gasteiger partial charge in [0.25, 0.3) is 0 Å². The number of rotatable bonds is 3. The van der Waals surface area contributed by atoms with Crippen LogP contribution in [0.15, 0.2) is 0 Å². The Bertz CT molecular complexity index is 170. The summed E-state index contributed by atoms with van der Waals surface area (Å²) >= 11 is 0. The van der Waals surface area contributed by atoms with E-state index in [0.717, 1.165) is 19.6 Å². The van der Waals surface area contributed by atoms with Gasteiger partial charge in [-0.1, -0.05) is 0 Å². The summed E-state index contributed by atoms with van der Waals surface area (Å²) in [5, 5.41) is 8.65. The van der Waals surface area contributed by atoms with Crippen molar-refractivity contribution in [1.82, 2.24) is 4.90 Å². The highest BCUT2D eigenvalue weighted by Crippen LogP contribution is 2.13. The van der Waals surface area contributed by atoms with Crippen LogP contribution in [0.3, 0.4) is 0 Å². The lowest BCUT2D eigenvalue weighted by atomic mass is 10.2. The predicted molar refractivity (Wildman–Crippen MR) is 46.7 cm³/mol. The van der Waals surface area contributed by atoms with Crippen molar-refractivity contribution in [1.29, 1.82) is 5.26 Å². The molecule has 1 unspecified atom stereocenters. The van der Waals surface area contributed by atoms with E-state index in [9.17, 15) is 0 Å². The Hall–Kier alpha value is -0.590. The van der Waals surface area contributed by atoms with E-state index in [4.69, 9.17) is 10.00 Å². The summed E-state index contributed by atoms with van der Waals surface area (Å²) in [4.78, 5) is 2.04. The molecule has 2 atom stereocenters. The quantitative estimate of drug-likeness (QED) is 0.631. The van der Waals surface area contributed by atoms with Gasteiger partial charge in [0.15, 0.2) is 0 Å². The third kappa shape index (κ3) is 2.47. The number of ether oxygens (including phenoxy) is 1. The van der Waals surface area contributed by atoms with Gasteiger partial charge >= 0.3 is 0 Å². The van der Waals surface area contributed by atoms with Crippen molar-refractivity contribution in [2.45, 2.75) is 31.9 Å². The Morgan fingerprint density at radius 1 is 1.75 bits per heavy atom. The molecule has 0 spiro atoms. The summed E-state index contributed by atoms with van der Waals surface area (Å²) in [6, 6.07) is 2.20. The molecular weight excluding hydrogens is 152 g/mol. The van der Waals surface area contributed by atoms with E-state index in [0.29, 0.717) is 6.10 Å². The van der Waals surface area contributed by atoms with Crippen molar-refractivity contribution in [2.75, 3.05) is 20.2 Å². The van der Waals surface area contributed by atoms with Crippen molar-refractivity contribution in [3.05, 3.63) is 0 Å². The maximum absolute atomic E-state index is 8.65. The van der Waals surface area contributed by atoms with E-state index in [1.165, 1.54) is 6.42 Å². The molecule has 0 bridgehead atoms. The van der Waals surface area contributed by atoms with E-state index < -0.39 is 0 Å². The molecule has 0 aromatic rings. The predicted octanol–water partition coefficient (Wildman–Crippen LogP) is 1.01. The minimum absolute atomic E-state index is 0.00537. The topological polar surface area (TPSA) is 36.3 Å². The molecule has 1 aliphatic rings. The minimum Gasteiger partial charge on any atom is -0.377 e. The van der Waals surface area contributed by atoms with E-state index in [1.807, 2.05) is 18.9 Å². The fraction of sp³-hybridized carbons (Fsp3) is 0.889. The molecule has 3 nitrogen and oxygen atoms in total. The summed E-state index contributed by atoms with van der Waals surface area (Å²) < 4.78 is 5.47. The zero-order valence-corrected chi connectivity index (χ0v) is 7.79. The highest BCUT2D eigenvalue weighted by molar-refractivity contribution is 4.87. The van der Waals surface area contributed by atoms with Crippen LogP contribution in [0.2, 0.25) is 0 Å². The van der Waals surface area contributed by atoms with Gasteiger partial charge < -0.3 is 4.74 Å². The van der Waals surface area contributed by atoms with Gasteiger partial charge in [-0.15, -0.1) is 0 Å². The minimum atomic E-state index is -0.00537. The highest BCUT2D eigenvalue weighted by atomic mass is 16.5. The molecule has 0 aliphatic carbocycles. The first-order valence-corrected chi connectivity index (χ1v) is 4.45. The van der Waals surface area contributed by atoms with Crippen LogP contribution >= 0.6 is 0 Å². The molecule has 0 aromatic carbocycles. The fourth-order valence-corrected chi connectivity index (χ4v) is 1.37. The molecular formula is C9H16N2O. The molecule has 0 amide bonds. The Morgan fingerprint density at radius 3 is 3.00 bits per heavy atom. The number of hydrogen-bond donors (Lipinski definition) is 0. The van der Waals surface area contributed by atoms with Crippen LogP contribution in [0.4, 0.5) is 0 Å². The SMILES string of the molecule is CC(C#N)N(C)C[C@@H]1CCCO1. The van der Waals surface area contributed by atoms with Crippen molar-refractivity contribution in [2.24, 2.45) is 0 Å². The Kier molecular flexibility index (Phi) is 3.51. The maximum Gasteiger partial charge on any atom is 0.0947 e. The van der Waals surface area contributed by atoms with Crippen LogP contribution in [0.5, 0.6) is 0 Å². The lowest BCUT2D eigenvalue weighted by molar-refractivity contribution is 0.0767. The lowest BCUT2D eigenvalue weighted by Crippen LogP contribution is -2.34. The molecule has 68 valence electrons. The maximum atomic E-state index is 8.65. The van der Waals surface area contributed by atoms with Crippen LogP contribution < -0.4 is 0 Å². The smallest absolute Gasteiger partial charge is 0.0947 e. The Morgan fingerprint density at radius 2 is 2.50 bits per heavy atom.